The van der Waals surface area contributed by atoms with Gasteiger partial charge in [-0.1, -0.05) is 15.9 Å². The minimum Gasteiger partial charge on any atom is -0.508 e. The summed E-state index contributed by atoms with van der Waals surface area (Å²) in [6.07, 6.45) is -0.861. The van der Waals surface area contributed by atoms with E-state index in [4.69, 9.17) is 5.11 Å². The van der Waals surface area contributed by atoms with E-state index in [-0.39, 0.29) is 5.75 Å². The molecule has 18 heavy (non-hydrogen) atoms. The van der Waals surface area contributed by atoms with Crippen molar-refractivity contribution in [1.29, 1.82) is 0 Å². The van der Waals surface area contributed by atoms with E-state index in [0.717, 1.165) is 10.0 Å². The average Bonchev–Trinajstić information content (AvgIpc) is 2.34. The first-order valence-electron chi connectivity index (χ1n) is 5.74. The molecule has 2 N–H and O–H groups in total. The van der Waals surface area contributed by atoms with E-state index < -0.39 is 6.09 Å². The van der Waals surface area contributed by atoms with Gasteiger partial charge in [-0.3, -0.25) is 4.90 Å². The van der Waals surface area contributed by atoms with Crippen LogP contribution in [0.2, 0.25) is 0 Å². The predicted molar refractivity (Wildman–Crippen MR) is 70.7 cm³/mol. The van der Waals surface area contributed by atoms with Gasteiger partial charge in [0, 0.05) is 42.8 Å². The van der Waals surface area contributed by atoms with Crippen molar-refractivity contribution in [2.24, 2.45) is 0 Å². The monoisotopic (exact) mass is 314 g/mol. The highest BCUT2D eigenvalue weighted by Crippen LogP contribution is 2.23. The Bertz CT molecular complexity index is 445. The van der Waals surface area contributed by atoms with Gasteiger partial charge in [0.25, 0.3) is 0 Å². The van der Waals surface area contributed by atoms with Crippen LogP contribution in [0.1, 0.15) is 5.56 Å². The Kier molecular flexibility index (Phi) is 4.08. The zero-order valence-electron chi connectivity index (χ0n) is 9.84. The molecule has 1 saturated heterocycles. The number of piperazine rings is 1. The highest BCUT2D eigenvalue weighted by Gasteiger charge is 2.20. The number of hydrogen-bond acceptors (Lipinski definition) is 3. The van der Waals surface area contributed by atoms with Crippen molar-refractivity contribution in [1.82, 2.24) is 9.80 Å². The summed E-state index contributed by atoms with van der Waals surface area (Å²) in [7, 11) is 0. The number of hydrogen-bond donors (Lipinski definition) is 2. The summed E-state index contributed by atoms with van der Waals surface area (Å²) in [6.45, 7) is 3.06. The lowest BCUT2D eigenvalue weighted by Crippen LogP contribution is -2.47. The molecule has 98 valence electrons. The fourth-order valence-electron chi connectivity index (χ4n) is 2.02. The molecular formula is C12H15BrN2O3. The zero-order chi connectivity index (χ0) is 13.1. The minimum atomic E-state index is -0.861. The Morgan fingerprint density at radius 3 is 2.56 bits per heavy atom. The quantitative estimate of drug-likeness (QED) is 0.875. The Balaban J connectivity index is 1.95. The average molecular weight is 315 g/mol. The summed E-state index contributed by atoms with van der Waals surface area (Å²) in [6, 6.07) is 5.34. The van der Waals surface area contributed by atoms with Gasteiger partial charge in [0.2, 0.25) is 0 Å². The third-order valence-corrected chi connectivity index (χ3v) is 3.57. The predicted octanol–water partition coefficient (Wildman–Crippen LogP) is 1.95. The van der Waals surface area contributed by atoms with Gasteiger partial charge in [-0.15, -0.1) is 0 Å². The molecule has 0 radical (unpaired) electrons. The second kappa shape index (κ2) is 5.58. The fourth-order valence-corrected chi connectivity index (χ4v) is 2.43. The largest absolute Gasteiger partial charge is 0.508 e. The van der Waals surface area contributed by atoms with E-state index in [1.54, 1.807) is 12.1 Å². The maximum Gasteiger partial charge on any atom is 0.407 e. The van der Waals surface area contributed by atoms with Crippen LogP contribution < -0.4 is 0 Å². The number of phenolic OH excluding ortho intramolecular Hbond substituents is 1. The summed E-state index contributed by atoms with van der Waals surface area (Å²) < 4.78 is 0.930. The molecule has 0 bridgehead atoms. The van der Waals surface area contributed by atoms with Crippen LogP contribution in [0.4, 0.5) is 4.79 Å². The zero-order valence-corrected chi connectivity index (χ0v) is 11.4. The SMILES string of the molecule is O=C(O)N1CCN(Cc2cc(Br)ccc2O)CC1. The Hall–Kier alpha value is -1.27. The van der Waals surface area contributed by atoms with Crippen molar-refractivity contribution in [2.45, 2.75) is 6.54 Å². The Morgan fingerprint density at radius 1 is 1.28 bits per heavy atom. The lowest BCUT2D eigenvalue weighted by Gasteiger charge is -2.33. The van der Waals surface area contributed by atoms with E-state index in [1.165, 1.54) is 4.90 Å². The number of aromatic hydroxyl groups is 1. The standard InChI is InChI=1S/C12H15BrN2O3/c13-10-1-2-11(16)9(7-10)8-14-3-5-15(6-4-14)12(17)18/h1-2,7,16H,3-6,8H2,(H,17,18). The van der Waals surface area contributed by atoms with E-state index in [0.29, 0.717) is 32.7 Å². The van der Waals surface area contributed by atoms with Crippen molar-refractivity contribution >= 4 is 22.0 Å². The van der Waals surface area contributed by atoms with Gasteiger partial charge < -0.3 is 15.1 Å². The molecule has 1 amide bonds. The topological polar surface area (TPSA) is 64.0 Å². The van der Waals surface area contributed by atoms with Crippen LogP contribution in [0.25, 0.3) is 0 Å². The molecule has 1 aromatic rings. The van der Waals surface area contributed by atoms with Crippen molar-refractivity contribution in [3.05, 3.63) is 28.2 Å². The molecule has 1 fully saturated rings. The third kappa shape index (κ3) is 3.14. The van der Waals surface area contributed by atoms with Gasteiger partial charge in [0.15, 0.2) is 0 Å². The van der Waals surface area contributed by atoms with Crippen LogP contribution >= 0.6 is 15.9 Å². The molecule has 1 aromatic carbocycles. The highest BCUT2D eigenvalue weighted by molar-refractivity contribution is 9.10. The lowest BCUT2D eigenvalue weighted by atomic mass is 10.2. The summed E-state index contributed by atoms with van der Waals surface area (Å²) in [5.74, 6) is 0.277. The van der Waals surface area contributed by atoms with Crippen LogP contribution in [-0.2, 0) is 6.54 Å². The second-order valence-corrected chi connectivity index (χ2v) is 5.23. The molecule has 2 rings (SSSR count). The molecule has 1 aliphatic heterocycles. The Morgan fingerprint density at radius 2 is 1.94 bits per heavy atom. The maximum absolute atomic E-state index is 10.8. The number of carbonyl (C=O) groups is 1. The first kappa shape index (κ1) is 13.2. The van der Waals surface area contributed by atoms with Crippen molar-refractivity contribution in [3.8, 4) is 5.75 Å². The van der Waals surface area contributed by atoms with Gasteiger partial charge in [-0.25, -0.2) is 4.79 Å². The highest BCUT2D eigenvalue weighted by atomic mass is 79.9. The van der Waals surface area contributed by atoms with Gasteiger partial charge in [0.1, 0.15) is 5.75 Å². The van der Waals surface area contributed by atoms with Crippen LogP contribution in [0.15, 0.2) is 22.7 Å². The molecule has 0 unspecified atom stereocenters. The molecular weight excluding hydrogens is 300 g/mol. The number of halogens is 1. The van der Waals surface area contributed by atoms with Gasteiger partial charge in [-0.2, -0.15) is 0 Å². The van der Waals surface area contributed by atoms with Crippen LogP contribution in [0.3, 0.4) is 0 Å². The van der Waals surface area contributed by atoms with Crippen molar-refractivity contribution < 1.29 is 15.0 Å². The minimum absolute atomic E-state index is 0.277. The molecule has 0 aliphatic carbocycles. The summed E-state index contributed by atoms with van der Waals surface area (Å²) in [4.78, 5) is 14.3. The van der Waals surface area contributed by atoms with Crippen LogP contribution in [0.5, 0.6) is 5.75 Å². The second-order valence-electron chi connectivity index (χ2n) is 4.32. The number of carboxylic acid groups (broad SMARTS) is 1. The molecule has 5 nitrogen and oxygen atoms in total. The van der Waals surface area contributed by atoms with Gasteiger partial charge in [0.05, 0.1) is 0 Å². The maximum atomic E-state index is 10.8. The summed E-state index contributed by atoms with van der Waals surface area (Å²) in [5.41, 5.74) is 0.855. The molecule has 0 saturated carbocycles. The number of amides is 1. The normalized spacial score (nSPS) is 16.8. The first-order valence-corrected chi connectivity index (χ1v) is 6.53. The van der Waals surface area contributed by atoms with E-state index in [2.05, 4.69) is 20.8 Å². The van der Waals surface area contributed by atoms with E-state index >= 15 is 0 Å². The molecule has 6 heteroatoms. The Labute approximate surface area is 114 Å². The number of nitrogens with zero attached hydrogens (tertiary/aromatic N) is 2. The van der Waals surface area contributed by atoms with Gasteiger partial charge in [-0.05, 0) is 18.2 Å². The van der Waals surface area contributed by atoms with Gasteiger partial charge >= 0.3 is 6.09 Å². The van der Waals surface area contributed by atoms with Crippen LogP contribution in [0, 0.1) is 0 Å². The third-order valence-electron chi connectivity index (χ3n) is 3.08. The fraction of sp³-hybridized carbons (Fsp3) is 0.417. The van der Waals surface area contributed by atoms with Crippen LogP contribution in [-0.4, -0.2) is 52.3 Å². The smallest absolute Gasteiger partial charge is 0.407 e. The molecule has 0 aromatic heterocycles. The number of phenols is 1. The van der Waals surface area contributed by atoms with E-state index in [1.807, 2.05) is 6.07 Å². The summed E-state index contributed by atoms with van der Waals surface area (Å²) >= 11 is 3.37. The lowest BCUT2D eigenvalue weighted by molar-refractivity contribution is 0.102. The summed E-state index contributed by atoms with van der Waals surface area (Å²) in [5, 5.41) is 18.6. The molecule has 0 spiro atoms. The molecule has 1 heterocycles. The first-order chi connectivity index (χ1) is 8.56. The van der Waals surface area contributed by atoms with E-state index in [9.17, 15) is 9.90 Å². The molecule has 0 atom stereocenters. The van der Waals surface area contributed by atoms with Crippen molar-refractivity contribution in [2.75, 3.05) is 26.2 Å². The number of rotatable bonds is 2. The van der Waals surface area contributed by atoms with Crippen molar-refractivity contribution in [3.63, 3.8) is 0 Å². The number of benzene rings is 1. The molecule has 1 aliphatic rings.